The average molecular weight is 291 g/mol. The van der Waals surface area contributed by atoms with Gasteiger partial charge in [0, 0.05) is 37.8 Å². The molecule has 1 aliphatic heterocycles. The zero-order valence-electron chi connectivity index (χ0n) is 10.9. The van der Waals surface area contributed by atoms with Crippen LogP contribution in [-0.2, 0) is 0 Å². The first-order valence-corrected chi connectivity index (χ1v) is 6.14. The first-order valence-electron chi connectivity index (χ1n) is 6.14. The first kappa shape index (κ1) is 16.0. The molecular formula is C13H20ClFN2O2. The number of aromatic hydroxyl groups is 1. The third-order valence-corrected chi connectivity index (χ3v) is 3.31. The van der Waals surface area contributed by atoms with E-state index in [1.165, 1.54) is 13.2 Å². The highest BCUT2D eigenvalue weighted by molar-refractivity contribution is 5.85. The number of phenols is 1. The summed E-state index contributed by atoms with van der Waals surface area (Å²) in [6.45, 7) is 2.92. The Balaban J connectivity index is 0.00000180. The highest BCUT2D eigenvalue weighted by atomic mass is 35.5. The van der Waals surface area contributed by atoms with E-state index in [1.54, 1.807) is 12.1 Å². The second kappa shape index (κ2) is 7.53. The van der Waals surface area contributed by atoms with Gasteiger partial charge in [-0.3, -0.25) is 4.90 Å². The van der Waals surface area contributed by atoms with Gasteiger partial charge in [0.1, 0.15) is 18.2 Å². The van der Waals surface area contributed by atoms with Gasteiger partial charge in [-0.1, -0.05) is 0 Å². The number of alkyl halides is 1. The lowest BCUT2D eigenvalue weighted by Crippen LogP contribution is -2.45. The lowest BCUT2D eigenvalue weighted by Gasteiger charge is -2.34. The Bertz CT molecular complexity index is 400. The standard InChI is InChI=1S/C13H19FN2O2.ClH/c1-18-13-8-10(17)2-3-11(13)12(9-14)16-6-4-15-5-7-16;/h2-3,8,12,15,17H,4-7,9H2,1H3;1H/t12-;/m0./s1. The number of phenolic OH excluding ortho intramolecular Hbond substituents is 1. The molecule has 0 amide bonds. The quantitative estimate of drug-likeness (QED) is 0.887. The van der Waals surface area contributed by atoms with Crippen LogP contribution in [0.25, 0.3) is 0 Å². The molecule has 1 atom stereocenters. The normalized spacial score (nSPS) is 17.6. The number of ether oxygens (including phenoxy) is 1. The summed E-state index contributed by atoms with van der Waals surface area (Å²) in [6, 6.07) is 4.53. The molecule has 6 heteroatoms. The van der Waals surface area contributed by atoms with Crippen molar-refractivity contribution in [2.24, 2.45) is 0 Å². The van der Waals surface area contributed by atoms with Gasteiger partial charge in [0.15, 0.2) is 0 Å². The molecule has 2 rings (SSSR count). The van der Waals surface area contributed by atoms with Crippen molar-refractivity contribution in [3.63, 3.8) is 0 Å². The van der Waals surface area contributed by atoms with E-state index >= 15 is 0 Å². The van der Waals surface area contributed by atoms with Crippen LogP contribution >= 0.6 is 12.4 Å². The molecule has 0 saturated carbocycles. The third-order valence-electron chi connectivity index (χ3n) is 3.31. The summed E-state index contributed by atoms with van der Waals surface area (Å²) >= 11 is 0. The van der Waals surface area contributed by atoms with Crippen molar-refractivity contribution in [2.75, 3.05) is 40.0 Å². The Morgan fingerprint density at radius 3 is 2.68 bits per heavy atom. The minimum absolute atomic E-state index is 0. The van der Waals surface area contributed by atoms with Crippen molar-refractivity contribution in [3.05, 3.63) is 23.8 Å². The van der Waals surface area contributed by atoms with Crippen LogP contribution in [-0.4, -0.2) is 50.0 Å². The van der Waals surface area contributed by atoms with Crippen LogP contribution in [0.2, 0.25) is 0 Å². The van der Waals surface area contributed by atoms with Crippen LogP contribution in [0.4, 0.5) is 4.39 Å². The Labute approximate surface area is 119 Å². The minimum Gasteiger partial charge on any atom is -0.508 e. The predicted octanol–water partition coefficient (Wildman–Crippen LogP) is 1.74. The summed E-state index contributed by atoms with van der Waals surface area (Å²) < 4.78 is 18.6. The lowest BCUT2D eigenvalue weighted by atomic mass is 10.0. The zero-order chi connectivity index (χ0) is 13.0. The fourth-order valence-electron chi connectivity index (χ4n) is 2.35. The molecule has 1 aliphatic rings. The van der Waals surface area contributed by atoms with Crippen LogP contribution < -0.4 is 10.1 Å². The second-order valence-corrected chi connectivity index (χ2v) is 4.38. The van der Waals surface area contributed by atoms with Gasteiger partial charge in [-0.2, -0.15) is 0 Å². The van der Waals surface area contributed by atoms with Gasteiger partial charge in [-0.05, 0) is 12.1 Å². The van der Waals surface area contributed by atoms with Crippen LogP contribution in [0.15, 0.2) is 18.2 Å². The topological polar surface area (TPSA) is 44.7 Å². The van der Waals surface area contributed by atoms with Gasteiger partial charge in [-0.25, -0.2) is 4.39 Å². The fraction of sp³-hybridized carbons (Fsp3) is 0.538. The number of methoxy groups -OCH3 is 1. The van der Waals surface area contributed by atoms with E-state index in [4.69, 9.17) is 4.74 Å². The number of benzene rings is 1. The first-order chi connectivity index (χ1) is 8.76. The Kier molecular flexibility index (Phi) is 6.34. The molecule has 0 unspecified atom stereocenters. The summed E-state index contributed by atoms with van der Waals surface area (Å²) in [5.74, 6) is 0.671. The van der Waals surface area contributed by atoms with Crippen LogP contribution in [0.1, 0.15) is 11.6 Å². The SMILES string of the molecule is COc1cc(O)ccc1[C@H](CF)N1CCNCC1.Cl. The second-order valence-electron chi connectivity index (χ2n) is 4.38. The number of halogens is 2. The molecule has 108 valence electrons. The van der Waals surface area contributed by atoms with Crippen LogP contribution in [0, 0.1) is 0 Å². The molecular weight excluding hydrogens is 271 g/mol. The largest absolute Gasteiger partial charge is 0.508 e. The molecule has 19 heavy (non-hydrogen) atoms. The van der Waals surface area contributed by atoms with Crippen molar-refractivity contribution in [1.29, 1.82) is 0 Å². The number of nitrogens with one attached hydrogen (secondary N) is 1. The van der Waals surface area contributed by atoms with E-state index in [1.807, 2.05) is 0 Å². The summed E-state index contributed by atoms with van der Waals surface area (Å²) in [5, 5.41) is 12.7. The maximum Gasteiger partial charge on any atom is 0.127 e. The molecule has 1 aromatic rings. The van der Waals surface area contributed by atoms with Gasteiger partial charge < -0.3 is 15.2 Å². The zero-order valence-corrected chi connectivity index (χ0v) is 11.8. The van der Waals surface area contributed by atoms with Gasteiger partial charge in [-0.15, -0.1) is 12.4 Å². The predicted molar refractivity (Wildman–Crippen MR) is 75.1 cm³/mol. The molecule has 0 radical (unpaired) electrons. The molecule has 0 spiro atoms. The van der Waals surface area contributed by atoms with Crippen molar-refractivity contribution >= 4 is 12.4 Å². The molecule has 4 nitrogen and oxygen atoms in total. The van der Waals surface area contributed by atoms with Crippen LogP contribution in [0.3, 0.4) is 0 Å². The Hall–Kier alpha value is -1.04. The van der Waals surface area contributed by atoms with Crippen molar-refractivity contribution in [3.8, 4) is 11.5 Å². The summed E-state index contributed by atoms with van der Waals surface area (Å²) in [7, 11) is 1.53. The lowest BCUT2D eigenvalue weighted by molar-refractivity contribution is 0.145. The molecule has 1 fully saturated rings. The molecule has 1 aromatic carbocycles. The van der Waals surface area contributed by atoms with Crippen molar-refractivity contribution in [2.45, 2.75) is 6.04 Å². The number of nitrogens with zero attached hydrogens (tertiary/aromatic N) is 1. The number of hydrogen-bond donors (Lipinski definition) is 2. The van der Waals surface area contributed by atoms with Gasteiger partial charge >= 0.3 is 0 Å². The molecule has 0 aromatic heterocycles. The van der Waals surface area contributed by atoms with Gasteiger partial charge in [0.2, 0.25) is 0 Å². The van der Waals surface area contributed by atoms with E-state index in [0.717, 1.165) is 31.7 Å². The van der Waals surface area contributed by atoms with E-state index in [-0.39, 0.29) is 24.2 Å². The number of piperazine rings is 1. The Morgan fingerprint density at radius 1 is 1.42 bits per heavy atom. The van der Waals surface area contributed by atoms with Crippen molar-refractivity contribution < 1.29 is 14.2 Å². The average Bonchev–Trinajstić information content (AvgIpc) is 2.42. The highest BCUT2D eigenvalue weighted by Crippen LogP contribution is 2.32. The maximum absolute atomic E-state index is 13.4. The molecule has 0 bridgehead atoms. The summed E-state index contributed by atoms with van der Waals surface area (Å²) in [6.07, 6.45) is 0. The fourth-order valence-corrected chi connectivity index (χ4v) is 2.35. The van der Waals surface area contributed by atoms with E-state index in [0.29, 0.717) is 5.75 Å². The molecule has 0 aliphatic carbocycles. The summed E-state index contributed by atoms with van der Waals surface area (Å²) in [5.41, 5.74) is 0.791. The molecule has 2 N–H and O–H groups in total. The molecule has 1 heterocycles. The summed E-state index contributed by atoms with van der Waals surface area (Å²) in [4.78, 5) is 2.10. The van der Waals surface area contributed by atoms with Gasteiger partial charge in [0.25, 0.3) is 0 Å². The smallest absolute Gasteiger partial charge is 0.127 e. The Morgan fingerprint density at radius 2 is 2.11 bits per heavy atom. The van der Waals surface area contributed by atoms with Gasteiger partial charge in [0.05, 0.1) is 13.2 Å². The van der Waals surface area contributed by atoms with E-state index in [9.17, 15) is 9.50 Å². The molecule has 1 saturated heterocycles. The maximum atomic E-state index is 13.4. The number of hydrogen-bond acceptors (Lipinski definition) is 4. The minimum atomic E-state index is -0.457. The highest BCUT2D eigenvalue weighted by Gasteiger charge is 2.24. The van der Waals surface area contributed by atoms with Crippen molar-refractivity contribution in [1.82, 2.24) is 10.2 Å². The van der Waals surface area contributed by atoms with Crippen LogP contribution in [0.5, 0.6) is 11.5 Å². The van der Waals surface area contributed by atoms with E-state index in [2.05, 4.69) is 10.2 Å². The monoisotopic (exact) mass is 290 g/mol. The number of rotatable bonds is 4. The third kappa shape index (κ3) is 3.72. The van der Waals surface area contributed by atoms with E-state index < -0.39 is 6.67 Å².